The van der Waals surface area contributed by atoms with Crippen molar-refractivity contribution in [1.82, 2.24) is 10.3 Å². The summed E-state index contributed by atoms with van der Waals surface area (Å²) < 4.78 is 0. The molecule has 0 aliphatic carbocycles. The molecule has 0 spiro atoms. The number of carboxylic acid groups (broad SMARTS) is 1. The number of aryl methyl sites for hydroxylation is 1. The summed E-state index contributed by atoms with van der Waals surface area (Å²) in [5.74, 6) is -1.37. The standard InChI is InChI=1S/C15H14N4O3S/c1-8-5-10-9(3-2-4-11(10)17-8)7-16-19-15-18-14(22)12(23-15)6-13(20)21/h2-5,7,12,17H,6H2,1H3,(H,20,21)(H,18,19,22). The van der Waals surface area contributed by atoms with Crippen molar-refractivity contribution in [2.24, 2.45) is 10.2 Å². The molecule has 1 atom stereocenters. The van der Waals surface area contributed by atoms with Gasteiger partial charge in [0.25, 0.3) is 0 Å². The second-order valence-corrected chi connectivity index (χ2v) is 6.30. The van der Waals surface area contributed by atoms with Crippen LogP contribution < -0.4 is 5.32 Å². The van der Waals surface area contributed by atoms with E-state index in [4.69, 9.17) is 5.11 Å². The minimum Gasteiger partial charge on any atom is -0.481 e. The summed E-state index contributed by atoms with van der Waals surface area (Å²) >= 11 is 1.08. The number of aliphatic carboxylic acids is 1. The lowest BCUT2D eigenvalue weighted by Crippen LogP contribution is -2.26. The van der Waals surface area contributed by atoms with Crippen LogP contribution in [0.15, 0.2) is 34.5 Å². The number of H-pyrrole nitrogens is 1. The summed E-state index contributed by atoms with van der Waals surface area (Å²) in [6.45, 7) is 1.98. The first-order valence-corrected chi connectivity index (χ1v) is 7.79. The molecule has 3 N–H and O–H groups in total. The monoisotopic (exact) mass is 330 g/mol. The number of hydrogen-bond acceptors (Lipinski definition) is 5. The van der Waals surface area contributed by atoms with Gasteiger partial charge in [0, 0.05) is 22.2 Å². The molecule has 0 radical (unpaired) electrons. The highest BCUT2D eigenvalue weighted by Gasteiger charge is 2.32. The van der Waals surface area contributed by atoms with E-state index in [1.54, 1.807) is 6.21 Å². The van der Waals surface area contributed by atoms with E-state index in [1.165, 1.54) is 0 Å². The topological polar surface area (TPSA) is 107 Å². The van der Waals surface area contributed by atoms with Gasteiger partial charge in [0.1, 0.15) is 5.25 Å². The maximum Gasteiger partial charge on any atom is 0.305 e. The van der Waals surface area contributed by atoms with E-state index < -0.39 is 11.2 Å². The van der Waals surface area contributed by atoms with Gasteiger partial charge in [-0.25, -0.2) is 0 Å². The Kier molecular flexibility index (Phi) is 4.16. The molecule has 0 bridgehead atoms. The number of fused-ring (bicyclic) bond motifs is 1. The zero-order chi connectivity index (χ0) is 16.4. The van der Waals surface area contributed by atoms with E-state index in [9.17, 15) is 9.59 Å². The first-order chi connectivity index (χ1) is 11.0. The molecule has 23 heavy (non-hydrogen) atoms. The van der Waals surface area contributed by atoms with Crippen LogP contribution in [0.25, 0.3) is 10.9 Å². The van der Waals surface area contributed by atoms with Gasteiger partial charge in [0.2, 0.25) is 5.91 Å². The normalized spacial score (nSPS) is 19.8. The molecule has 1 amide bonds. The molecule has 1 unspecified atom stereocenters. The van der Waals surface area contributed by atoms with Crippen LogP contribution in [-0.4, -0.2) is 38.6 Å². The number of aromatic amines is 1. The van der Waals surface area contributed by atoms with Crippen molar-refractivity contribution in [3.63, 3.8) is 0 Å². The Labute approximate surface area is 135 Å². The van der Waals surface area contributed by atoms with Gasteiger partial charge in [-0.1, -0.05) is 23.9 Å². The first kappa shape index (κ1) is 15.3. The number of hydrogen-bond donors (Lipinski definition) is 3. The van der Waals surface area contributed by atoms with Gasteiger partial charge in [-0.05, 0) is 19.1 Å². The van der Waals surface area contributed by atoms with E-state index in [1.807, 2.05) is 31.2 Å². The van der Waals surface area contributed by atoms with Crippen LogP contribution in [0.5, 0.6) is 0 Å². The number of benzene rings is 1. The molecule has 1 saturated heterocycles. The molecular weight excluding hydrogens is 316 g/mol. The highest BCUT2D eigenvalue weighted by Crippen LogP contribution is 2.22. The minimum absolute atomic E-state index is 0.235. The third kappa shape index (κ3) is 3.42. The number of carbonyl (C=O) groups is 2. The van der Waals surface area contributed by atoms with Gasteiger partial charge in [0.05, 0.1) is 12.6 Å². The quantitative estimate of drug-likeness (QED) is 0.587. The average molecular weight is 330 g/mol. The fourth-order valence-electron chi connectivity index (χ4n) is 2.32. The zero-order valence-electron chi connectivity index (χ0n) is 12.2. The van der Waals surface area contributed by atoms with Gasteiger partial charge in [-0.15, -0.1) is 5.10 Å². The van der Waals surface area contributed by atoms with Crippen molar-refractivity contribution in [2.45, 2.75) is 18.6 Å². The first-order valence-electron chi connectivity index (χ1n) is 6.91. The van der Waals surface area contributed by atoms with Gasteiger partial charge < -0.3 is 15.4 Å². The summed E-state index contributed by atoms with van der Waals surface area (Å²) in [5.41, 5.74) is 2.99. The molecule has 8 heteroatoms. The second kappa shape index (κ2) is 6.25. The number of carbonyl (C=O) groups excluding carboxylic acids is 1. The number of thioether (sulfide) groups is 1. The van der Waals surface area contributed by atoms with Crippen molar-refractivity contribution in [1.29, 1.82) is 0 Å². The van der Waals surface area contributed by atoms with Crippen LogP contribution in [0, 0.1) is 6.92 Å². The summed E-state index contributed by atoms with van der Waals surface area (Å²) in [7, 11) is 0. The van der Waals surface area contributed by atoms with Crippen molar-refractivity contribution in [2.75, 3.05) is 0 Å². The molecule has 2 aromatic rings. The molecule has 1 aromatic carbocycles. The summed E-state index contributed by atoms with van der Waals surface area (Å²) in [6, 6.07) is 7.85. The predicted octanol–water partition coefficient (Wildman–Crippen LogP) is 1.87. The lowest BCUT2D eigenvalue weighted by molar-refractivity contribution is -0.138. The largest absolute Gasteiger partial charge is 0.481 e. The van der Waals surface area contributed by atoms with E-state index in [-0.39, 0.29) is 12.3 Å². The van der Waals surface area contributed by atoms with Crippen molar-refractivity contribution in [3.05, 3.63) is 35.5 Å². The molecule has 1 aliphatic rings. The molecule has 0 saturated carbocycles. The average Bonchev–Trinajstić information content (AvgIpc) is 3.01. The Hall–Kier alpha value is -2.61. The van der Waals surface area contributed by atoms with E-state index in [0.717, 1.165) is 33.9 Å². The number of rotatable bonds is 4. The zero-order valence-corrected chi connectivity index (χ0v) is 13.1. The fraction of sp³-hybridized carbons (Fsp3) is 0.200. The second-order valence-electron chi connectivity index (χ2n) is 5.10. The van der Waals surface area contributed by atoms with E-state index in [0.29, 0.717) is 5.17 Å². The van der Waals surface area contributed by atoms with Crippen molar-refractivity contribution < 1.29 is 14.7 Å². The van der Waals surface area contributed by atoms with Crippen LogP contribution in [0.1, 0.15) is 17.7 Å². The molecular formula is C15H14N4O3S. The molecule has 1 aromatic heterocycles. The number of aromatic nitrogens is 1. The SMILES string of the molecule is Cc1cc2c(C=NN=C3NC(=O)C(CC(=O)O)S3)cccc2[nH]1. The molecule has 1 fully saturated rings. The Morgan fingerprint density at radius 2 is 2.30 bits per heavy atom. The number of amides is 1. The Morgan fingerprint density at radius 1 is 1.48 bits per heavy atom. The third-order valence-electron chi connectivity index (χ3n) is 3.31. The minimum atomic E-state index is -1.02. The molecule has 118 valence electrons. The lowest BCUT2D eigenvalue weighted by Gasteiger charge is -1.97. The van der Waals surface area contributed by atoms with Crippen LogP contribution in [-0.2, 0) is 9.59 Å². The van der Waals surface area contributed by atoms with Gasteiger partial charge >= 0.3 is 5.97 Å². The summed E-state index contributed by atoms with van der Waals surface area (Å²) in [4.78, 5) is 25.5. The van der Waals surface area contributed by atoms with Crippen LogP contribution in [0.3, 0.4) is 0 Å². The summed E-state index contributed by atoms with van der Waals surface area (Å²) in [6.07, 6.45) is 1.38. The smallest absolute Gasteiger partial charge is 0.305 e. The Morgan fingerprint density at radius 3 is 3.09 bits per heavy atom. The van der Waals surface area contributed by atoms with Gasteiger partial charge in [-0.3, -0.25) is 9.59 Å². The Balaban J connectivity index is 1.75. The summed E-state index contributed by atoms with van der Waals surface area (Å²) in [5, 5.41) is 19.9. The van der Waals surface area contributed by atoms with Crippen LogP contribution >= 0.6 is 11.8 Å². The lowest BCUT2D eigenvalue weighted by atomic mass is 10.1. The van der Waals surface area contributed by atoms with Gasteiger partial charge in [0.15, 0.2) is 5.17 Å². The molecule has 7 nitrogen and oxygen atoms in total. The van der Waals surface area contributed by atoms with E-state index in [2.05, 4.69) is 20.5 Å². The van der Waals surface area contributed by atoms with Crippen molar-refractivity contribution in [3.8, 4) is 0 Å². The highest BCUT2D eigenvalue weighted by molar-refractivity contribution is 8.15. The van der Waals surface area contributed by atoms with Crippen LogP contribution in [0.2, 0.25) is 0 Å². The number of carboxylic acids is 1. The maximum atomic E-state index is 11.6. The number of nitrogens with one attached hydrogen (secondary N) is 2. The third-order valence-corrected chi connectivity index (χ3v) is 4.39. The molecule has 1 aliphatic heterocycles. The van der Waals surface area contributed by atoms with E-state index >= 15 is 0 Å². The molecule has 2 heterocycles. The van der Waals surface area contributed by atoms with Crippen LogP contribution in [0.4, 0.5) is 0 Å². The highest BCUT2D eigenvalue weighted by atomic mass is 32.2. The number of nitrogens with zero attached hydrogens (tertiary/aromatic N) is 2. The van der Waals surface area contributed by atoms with Crippen molar-refractivity contribution >= 4 is 45.9 Å². The maximum absolute atomic E-state index is 11.6. The fourth-order valence-corrected chi connectivity index (χ4v) is 3.23. The Bertz CT molecular complexity index is 840. The van der Waals surface area contributed by atoms with Gasteiger partial charge in [-0.2, -0.15) is 5.10 Å². The predicted molar refractivity (Wildman–Crippen MR) is 89.8 cm³/mol. The molecule has 3 rings (SSSR count). The number of amidine groups is 1.